The van der Waals surface area contributed by atoms with Crippen LogP contribution in [0.25, 0.3) is 17.1 Å². The second-order valence-corrected chi connectivity index (χ2v) is 8.41. The highest BCUT2D eigenvalue weighted by Crippen LogP contribution is 2.27. The Labute approximate surface area is 166 Å². The van der Waals surface area contributed by atoms with E-state index in [1.165, 1.54) is 6.20 Å². The highest BCUT2D eigenvalue weighted by molar-refractivity contribution is 7.90. The lowest BCUT2D eigenvalue weighted by molar-refractivity contribution is 0.424. The van der Waals surface area contributed by atoms with E-state index < -0.39 is 15.6 Å². The van der Waals surface area contributed by atoms with Gasteiger partial charge >= 0.3 is 0 Å². The molecule has 0 bridgehead atoms. The SMILES string of the molecule is Cc1ccccc1-n1ccnc1S(=O)(=O)Cc1noc(-c2ccccc2Cl)n1. The Morgan fingerprint density at radius 2 is 1.86 bits per heavy atom. The molecule has 7 nitrogen and oxygen atoms in total. The van der Waals surface area contributed by atoms with Gasteiger partial charge in [0.15, 0.2) is 5.82 Å². The van der Waals surface area contributed by atoms with Gasteiger partial charge in [-0.1, -0.05) is 47.1 Å². The van der Waals surface area contributed by atoms with E-state index >= 15 is 0 Å². The molecule has 0 amide bonds. The van der Waals surface area contributed by atoms with Gasteiger partial charge in [-0.3, -0.25) is 4.57 Å². The molecule has 0 saturated heterocycles. The lowest BCUT2D eigenvalue weighted by atomic mass is 10.2. The van der Waals surface area contributed by atoms with Gasteiger partial charge in [-0.15, -0.1) is 0 Å². The molecular weight excluding hydrogens is 400 g/mol. The lowest BCUT2D eigenvalue weighted by Crippen LogP contribution is -2.13. The normalized spacial score (nSPS) is 11.6. The van der Waals surface area contributed by atoms with Crippen LogP contribution < -0.4 is 0 Å². The molecule has 9 heteroatoms. The smallest absolute Gasteiger partial charge is 0.259 e. The van der Waals surface area contributed by atoms with Crippen molar-refractivity contribution in [1.82, 2.24) is 19.7 Å². The van der Waals surface area contributed by atoms with Crippen LogP contribution in [0.1, 0.15) is 11.4 Å². The molecule has 28 heavy (non-hydrogen) atoms. The molecule has 2 heterocycles. The minimum atomic E-state index is -3.81. The molecule has 0 aliphatic carbocycles. The van der Waals surface area contributed by atoms with Gasteiger partial charge in [-0.2, -0.15) is 4.98 Å². The van der Waals surface area contributed by atoms with Gasteiger partial charge in [0, 0.05) is 12.4 Å². The monoisotopic (exact) mass is 414 g/mol. The molecule has 0 aliphatic rings. The van der Waals surface area contributed by atoms with E-state index in [4.69, 9.17) is 16.1 Å². The number of sulfone groups is 1. The van der Waals surface area contributed by atoms with Crippen molar-refractivity contribution in [1.29, 1.82) is 0 Å². The quantitative estimate of drug-likeness (QED) is 0.492. The third-order valence-corrected chi connectivity index (χ3v) is 5.98. The maximum absolute atomic E-state index is 12.9. The molecular formula is C19H15ClN4O3S. The van der Waals surface area contributed by atoms with Crippen LogP contribution in [0.3, 0.4) is 0 Å². The summed E-state index contributed by atoms with van der Waals surface area (Å²) in [5, 5.41) is 4.15. The fraction of sp³-hybridized carbons (Fsp3) is 0.105. The number of hydrogen-bond donors (Lipinski definition) is 0. The Kier molecular flexibility index (Phi) is 4.74. The fourth-order valence-corrected chi connectivity index (χ4v) is 4.31. The number of para-hydroxylation sites is 1. The number of aryl methyl sites for hydroxylation is 1. The van der Waals surface area contributed by atoms with Crippen molar-refractivity contribution >= 4 is 21.4 Å². The predicted molar refractivity (Wildman–Crippen MR) is 104 cm³/mol. The Morgan fingerprint density at radius 1 is 1.11 bits per heavy atom. The average molecular weight is 415 g/mol. The van der Waals surface area contributed by atoms with Crippen molar-refractivity contribution in [3.63, 3.8) is 0 Å². The third-order valence-electron chi connectivity index (χ3n) is 4.15. The summed E-state index contributed by atoms with van der Waals surface area (Å²) in [4.78, 5) is 8.23. The third kappa shape index (κ3) is 3.44. The summed E-state index contributed by atoms with van der Waals surface area (Å²) in [5.41, 5.74) is 2.21. The molecule has 0 spiro atoms. The number of aromatic nitrogens is 4. The Morgan fingerprint density at radius 3 is 2.64 bits per heavy atom. The topological polar surface area (TPSA) is 90.9 Å². The van der Waals surface area contributed by atoms with E-state index in [1.807, 2.05) is 31.2 Å². The van der Waals surface area contributed by atoms with E-state index in [0.29, 0.717) is 10.6 Å². The van der Waals surface area contributed by atoms with Gasteiger partial charge < -0.3 is 4.52 Å². The van der Waals surface area contributed by atoms with Crippen molar-refractivity contribution in [3.8, 4) is 17.1 Å². The minimum absolute atomic E-state index is 0.0363. The van der Waals surface area contributed by atoms with Crippen LogP contribution in [0.2, 0.25) is 5.02 Å². The van der Waals surface area contributed by atoms with E-state index in [2.05, 4.69) is 15.1 Å². The van der Waals surface area contributed by atoms with Crippen LogP contribution in [0, 0.1) is 6.92 Å². The Hall–Kier alpha value is -2.97. The fourth-order valence-electron chi connectivity index (χ4n) is 2.83. The van der Waals surface area contributed by atoms with Gasteiger partial charge in [-0.05, 0) is 30.7 Å². The molecule has 2 aromatic heterocycles. The van der Waals surface area contributed by atoms with Gasteiger partial charge in [0.1, 0.15) is 5.75 Å². The van der Waals surface area contributed by atoms with Crippen molar-refractivity contribution < 1.29 is 12.9 Å². The summed E-state index contributed by atoms with van der Waals surface area (Å²) >= 11 is 6.13. The highest BCUT2D eigenvalue weighted by Gasteiger charge is 2.25. The predicted octanol–water partition coefficient (Wildman–Crippen LogP) is 3.86. The summed E-state index contributed by atoms with van der Waals surface area (Å²) < 4.78 is 32.6. The molecule has 0 atom stereocenters. The van der Waals surface area contributed by atoms with E-state index in [-0.39, 0.29) is 16.9 Å². The van der Waals surface area contributed by atoms with Crippen molar-refractivity contribution in [3.05, 3.63) is 77.3 Å². The maximum atomic E-state index is 12.9. The molecule has 0 N–H and O–H groups in total. The van der Waals surface area contributed by atoms with Crippen LogP contribution in [-0.2, 0) is 15.6 Å². The Bertz CT molecular complexity index is 1250. The molecule has 142 valence electrons. The van der Waals surface area contributed by atoms with E-state index in [1.54, 1.807) is 35.0 Å². The number of benzene rings is 2. The summed E-state index contributed by atoms with van der Waals surface area (Å²) in [5.74, 6) is -0.239. The summed E-state index contributed by atoms with van der Waals surface area (Å²) in [6, 6.07) is 14.4. The zero-order valence-corrected chi connectivity index (χ0v) is 16.4. The highest BCUT2D eigenvalue weighted by atomic mass is 35.5. The first-order chi connectivity index (χ1) is 13.5. The molecule has 4 aromatic rings. The molecule has 0 radical (unpaired) electrons. The first kappa shape index (κ1) is 18.4. The van der Waals surface area contributed by atoms with Crippen LogP contribution in [0.5, 0.6) is 0 Å². The molecule has 2 aromatic carbocycles. The van der Waals surface area contributed by atoms with Crippen LogP contribution >= 0.6 is 11.6 Å². The minimum Gasteiger partial charge on any atom is -0.334 e. The van der Waals surface area contributed by atoms with Crippen LogP contribution in [-0.4, -0.2) is 28.1 Å². The maximum Gasteiger partial charge on any atom is 0.259 e. The van der Waals surface area contributed by atoms with Crippen LogP contribution in [0.4, 0.5) is 0 Å². The molecule has 0 aliphatic heterocycles. The summed E-state index contributed by atoms with van der Waals surface area (Å²) in [6.45, 7) is 1.90. The van der Waals surface area contributed by atoms with Gasteiger partial charge in [0.05, 0.1) is 16.3 Å². The molecule has 4 rings (SSSR count). The van der Waals surface area contributed by atoms with Crippen molar-refractivity contribution in [2.24, 2.45) is 0 Å². The molecule has 0 unspecified atom stereocenters. The number of imidazole rings is 1. The van der Waals surface area contributed by atoms with Crippen molar-refractivity contribution in [2.75, 3.05) is 0 Å². The second kappa shape index (κ2) is 7.21. The first-order valence-corrected chi connectivity index (χ1v) is 10.4. The summed E-state index contributed by atoms with van der Waals surface area (Å²) in [7, 11) is -3.81. The first-order valence-electron chi connectivity index (χ1n) is 8.35. The standard InChI is InChI=1S/C19H15ClN4O3S/c1-13-6-2-5-9-16(13)24-11-10-21-19(24)28(25,26)12-17-22-18(27-23-17)14-7-3-4-8-15(14)20/h2-11H,12H2,1H3. The number of hydrogen-bond acceptors (Lipinski definition) is 6. The number of rotatable bonds is 5. The zero-order chi connectivity index (χ0) is 19.7. The second-order valence-electron chi connectivity index (χ2n) is 6.12. The largest absolute Gasteiger partial charge is 0.334 e. The summed E-state index contributed by atoms with van der Waals surface area (Å²) in [6.07, 6.45) is 3.06. The lowest BCUT2D eigenvalue weighted by Gasteiger charge is -2.10. The van der Waals surface area contributed by atoms with E-state index in [0.717, 1.165) is 11.3 Å². The van der Waals surface area contributed by atoms with Crippen molar-refractivity contribution in [2.45, 2.75) is 17.8 Å². The van der Waals surface area contributed by atoms with Crippen LogP contribution in [0.15, 0.2) is 70.6 Å². The number of nitrogens with zero attached hydrogens (tertiary/aromatic N) is 4. The van der Waals surface area contributed by atoms with E-state index in [9.17, 15) is 8.42 Å². The van der Waals surface area contributed by atoms with Gasteiger partial charge in [0.2, 0.25) is 15.0 Å². The molecule has 0 saturated carbocycles. The van der Waals surface area contributed by atoms with Gasteiger partial charge in [-0.25, -0.2) is 13.4 Å². The molecule has 0 fully saturated rings. The van der Waals surface area contributed by atoms with Gasteiger partial charge in [0.25, 0.3) is 5.89 Å². The Balaban J connectivity index is 1.66. The number of halogens is 1. The zero-order valence-electron chi connectivity index (χ0n) is 14.8. The average Bonchev–Trinajstić information content (AvgIpc) is 3.32.